The number of hydrogen-bond donors (Lipinski definition) is 2. The molecule has 0 spiro atoms. The van der Waals surface area contributed by atoms with E-state index >= 15 is 0 Å². The highest BCUT2D eigenvalue weighted by atomic mass is 35.5. The van der Waals surface area contributed by atoms with Gasteiger partial charge in [0.2, 0.25) is 0 Å². The zero-order chi connectivity index (χ0) is 22.7. The van der Waals surface area contributed by atoms with Crippen LogP contribution in [0.3, 0.4) is 0 Å². The van der Waals surface area contributed by atoms with Crippen molar-refractivity contribution in [2.45, 2.75) is 79.4 Å². The summed E-state index contributed by atoms with van der Waals surface area (Å²) in [4.78, 5) is 25.0. The SMILES string of the molecule is CC(C)CC(=O)Oc1ccc(C(O)CNC(C)(C)C)cc1OC(=O)C1(C)CC(C)C1.Cl. The molecule has 1 unspecified atom stereocenters. The van der Waals surface area contributed by atoms with Crippen LogP contribution in [0, 0.1) is 17.3 Å². The molecular formula is C24H38ClNO5. The predicted molar refractivity (Wildman–Crippen MR) is 124 cm³/mol. The van der Waals surface area contributed by atoms with Crippen LogP contribution in [-0.4, -0.2) is 29.1 Å². The second-order valence-corrected chi connectivity index (χ2v) is 10.4. The molecule has 1 aromatic carbocycles. The van der Waals surface area contributed by atoms with Crippen LogP contribution in [0.2, 0.25) is 0 Å². The summed E-state index contributed by atoms with van der Waals surface area (Å²) in [6.07, 6.45) is 1.02. The van der Waals surface area contributed by atoms with E-state index in [1.807, 2.05) is 41.5 Å². The van der Waals surface area contributed by atoms with Gasteiger partial charge in [0.1, 0.15) is 0 Å². The lowest BCUT2D eigenvalue weighted by molar-refractivity contribution is -0.153. The quantitative estimate of drug-likeness (QED) is 0.431. The van der Waals surface area contributed by atoms with E-state index in [1.54, 1.807) is 18.2 Å². The third kappa shape index (κ3) is 8.09. The summed E-state index contributed by atoms with van der Waals surface area (Å²) in [7, 11) is 0. The average Bonchev–Trinajstić information content (AvgIpc) is 2.58. The van der Waals surface area contributed by atoms with Crippen molar-refractivity contribution in [2.24, 2.45) is 17.3 Å². The summed E-state index contributed by atoms with van der Waals surface area (Å²) in [5.41, 5.74) is -0.0792. The Morgan fingerprint density at radius 2 is 1.81 bits per heavy atom. The Labute approximate surface area is 192 Å². The summed E-state index contributed by atoms with van der Waals surface area (Å²) in [6.45, 7) is 14.3. The average molecular weight is 456 g/mol. The molecule has 0 saturated heterocycles. The largest absolute Gasteiger partial charge is 0.423 e. The Balaban J connectivity index is 0.00000480. The van der Waals surface area contributed by atoms with Gasteiger partial charge in [0.15, 0.2) is 11.5 Å². The lowest BCUT2D eigenvalue weighted by Crippen LogP contribution is -2.42. The molecule has 0 aromatic heterocycles. The molecule has 2 N–H and O–H groups in total. The van der Waals surface area contributed by atoms with Crippen LogP contribution in [0.5, 0.6) is 11.5 Å². The summed E-state index contributed by atoms with van der Waals surface area (Å²) in [5.74, 6) is 0.301. The number of aliphatic hydroxyl groups is 1. The van der Waals surface area contributed by atoms with Crippen LogP contribution in [0.4, 0.5) is 0 Å². The Kier molecular flexibility index (Phi) is 9.54. The smallest absolute Gasteiger partial charge is 0.317 e. The second kappa shape index (κ2) is 10.8. The van der Waals surface area contributed by atoms with Crippen molar-refractivity contribution >= 4 is 24.3 Å². The van der Waals surface area contributed by atoms with E-state index in [0.717, 1.165) is 12.8 Å². The van der Waals surface area contributed by atoms with E-state index in [2.05, 4.69) is 12.2 Å². The lowest BCUT2D eigenvalue weighted by Gasteiger charge is -2.41. The van der Waals surface area contributed by atoms with Gasteiger partial charge in [-0.1, -0.05) is 26.8 Å². The number of halogens is 1. The molecule has 7 heteroatoms. The molecule has 0 amide bonds. The number of benzene rings is 1. The minimum atomic E-state index is -0.790. The Hall–Kier alpha value is -1.63. The van der Waals surface area contributed by atoms with Crippen LogP contribution < -0.4 is 14.8 Å². The lowest BCUT2D eigenvalue weighted by atomic mass is 9.64. The standard InChI is InChI=1S/C24H37NO5.ClH/c1-15(2)10-21(27)29-19-9-8-17(18(26)14-25-23(4,5)6)11-20(19)30-22(28)24(7)12-16(3)13-24;/h8-9,11,15-16,18,25-26H,10,12-14H2,1-7H3;1H. The molecule has 1 fully saturated rings. The summed E-state index contributed by atoms with van der Waals surface area (Å²) >= 11 is 0. The minimum Gasteiger partial charge on any atom is -0.423 e. The van der Waals surface area contributed by atoms with E-state index in [0.29, 0.717) is 18.0 Å². The summed E-state index contributed by atoms with van der Waals surface area (Å²) in [5, 5.41) is 13.8. The van der Waals surface area contributed by atoms with Crippen LogP contribution in [0.25, 0.3) is 0 Å². The number of nitrogens with one attached hydrogen (secondary N) is 1. The molecule has 6 nitrogen and oxygen atoms in total. The van der Waals surface area contributed by atoms with Crippen LogP contribution >= 0.6 is 12.4 Å². The maximum Gasteiger partial charge on any atom is 0.317 e. The molecule has 1 aromatic rings. The maximum absolute atomic E-state index is 12.8. The molecule has 0 aliphatic heterocycles. The van der Waals surface area contributed by atoms with Crippen LogP contribution in [0.1, 0.15) is 79.4 Å². The molecular weight excluding hydrogens is 418 g/mol. The highest BCUT2D eigenvalue weighted by Gasteiger charge is 2.45. The predicted octanol–water partition coefficient (Wildman–Crippen LogP) is 4.82. The third-order valence-corrected chi connectivity index (χ3v) is 5.27. The number of carbonyl (C=O) groups excluding carboxylic acids is 2. The zero-order valence-corrected chi connectivity index (χ0v) is 20.6. The highest BCUT2D eigenvalue weighted by molar-refractivity contribution is 5.85. The molecule has 2 rings (SSSR count). The van der Waals surface area contributed by atoms with Gasteiger partial charge in [0, 0.05) is 18.5 Å². The number of hydrogen-bond acceptors (Lipinski definition) is 6. The third-order valence-electron chi connectivity index (χ3n) is 5.27. The van der Waals surface area contributed by atoms with Gasteiger partial charge in [0.25, 0.3) is 0 Å². The fourth-order valence-corrected chi connectivity index (χ4v) is 3.78. The summed E-state index contributed by atoms with van der Waals surface area (Å²) < 4.78 is 11.2. The van der Waals surface area contributed by atoms with Gasteiger partial charge in [-0.05, 0) is 70.1 Å². The first-order valence-corrected chi connectivity index (χ1v) is 10.8. The van der Waals surface area contributed by atoms with Gasteiger partial charge in [-0.2, -0.15) is 0 Å². The molecule has 0 heterocycles. The fourth-order valence-electron chi connectivity index (χ4n) is 3.78. The Morgan fingerprint density at radius 3 is 2.32 bits per heavy atom. The topological polar surface area (TPSA) is 84.9 Å². The fraction of sp³-hybridized carbons (Fsp3) is 0.667. The number of rotatable bonds is 8. The maximum atomic E-state index is 12.8. The van der Waals surface area contributed by atoms with Gasteiger partial charge in [0.05, 0.1) is 11.5 Å². The van der Waals surface area contributed by atoms with E-state index in [1.165, 1.54) is 0 Å². The minimum absolute atomic E-state index is 0. The van der Waals surface area contributed by atoms with Crippen molar-refractivity contribution in [2.75, 3.05) is 6.54 Å². The van der Waals surface area contributed by atoms with Crippen molar-refractivity contribution in [1.82, 2.24) is 5.32 Å². The van der Waals surface area contributed by atoms with E-state index < -0.39 is 11.5 Å². The number of esters is 2. The molecule has 0 radical (unpaired) electrons. The van der Waals surface area contributed by atoms with Crippen molar-refractivity contribution in [3.05, 3.63) is 23.8 Å². The van der Waals surface area contributed by atoms with Crippen LogP contribution in [-0.2, 0) is 9.59 Å². The first-order valence-electron chi connectivity index (χ1n) is 10.8. The number of ether oxygens (including phenoxy) is 2. The number of aliphatic hydroxyl groups excluding tert-OH is 1. The van der Waals surface area contributed by atoms with E-state index in [-0.39, 0.29) is 53.7 Å². The first-order chi connectivity index (χ1) is 13.8. The molecule has 176 valence electrons. The van der Waals surface area contributed by atoms with Gasteiger partial charge in [-0.15, -0.1) is 12.4 Å². The number of carbonyl (C=O) groups is 2. The number of β-amino-alcohol motifs (C(OH)–C–C–N with tert-alkyl or cyclic N) is 1. The molecule has 1 aliphatic rings. The van der Waals surface area contributed by atoms with Crippen LogP contribution in [0.15, 0.2) is 18.2 Å². The van der Waals surface area contributed by atoms with Gasteiger partial charge >= 0.3 is 11.9 Å². The molecule has 1 aliphatic carbocycles. The monoisotopic (exact) mass is 455 g/mol. The molecule has 0 bridgehead atoms. The van der Waals surface area contributed by atoms with Gasteiger partial charge < -0.3 is 19.9 Å². The Morgan fingerprint density at radius 1 is 1.19 bits per heavy atom. The van der Waals surface area contributed by atoms with Crippen molar-refractivity contribution in [1.29, 1.82) is 0 Å². The molecule has 1 atom stereocenters. The van der Waals surface area contributed by atoms with Gasteiger partial charge in [-0.25, -0.2) is 0 Å². The second-order valence-electron chi connectivity index (χ2n) is 10.4. The highest BCUT2D eigenvalue weighted by Crippen LogP contribution is 2.46. The Bertz CT molecular complexity index is 766. The first kappa shape index (κ1) is 27.4. The van der Waals surface area contributed by atoms with Crippen molar-refractivity contribution in [3.63, 3.8) is 0 Å². The molecule has 1 saturated carbocycles. The zero-order valence-electron chi connectivity index (χ0n) is 19.8. The van der Waals surface area contributed by atoms with E-state index in [4.69, 9.17) is 9.47 Å². The van der Waals surface area contributed by atoms with Crippen molar-refractivity contribution in [3.8, 4) is 11.5 Å². The van der Waals surface area contributed by atoms with E-state index in [9.17, 15) is 14.7 Å². The van der Waals surface area contributed by atoms with Crippen molar-refractivity contribution < 1.29 is 24.2 Å². The summed E-state index contributed by atoms with van der Waals surface area (Å²) in [6, 6.07) is 4.87. The van der Waals surface area contributed by atoms with Gasteiger partial charge in [-0.3, -0.25) is 9.59 Å². The normalized spacial score (nSPS) is 21.6. The molecule has 31 heavy (non-hydrogen) atoms.